The van der Waals surface area contributed by atoms with Crippen molar-refractivity contribution >= 4 is 70.0 Å². The number of thiazole rings is 1. The summed E-state index contributed by atoms with van der Waals surface area (Å²) in [6.45, 7) is 0. The minimum atomic E-state index is -1.33. The number of tetrazole rings is 1. The van der Waals surface area contributed by atoms with Crippen LogP contribution in [0.4, 0.5) is 0 Å². The van der Waals surface area contributed by atoms with Crippen molar-refractivity contribution < 1.29 is 39.1 Å². The summed E-state index contributed by atoms with van der Waals surface area (Å²) in [6, 6.07) is 0.229. The summed E-state index contributed by atoms with van der Waals surface area (Å²) in [4.78, 5) is 61.0. The molecule has 5 heterocycles. The number of rotatable bonds is 10. The number of carboxylic acid groups (broad SMARTS) is 2. The Morgan fingerprint density at radius 2 is 2.07 bits per heavy atom. The van der Waals surface area contributed by atoms with Gasteiger partial charge >= 0.3 is 11.9 Å². The molecule has 5 rings (SSSR count). The Hall–Kier alpha value is -4.50. The first-order valence-corrected chi connectivity index (χ1v) is 14.1. The van der Waals surface area contributed by atoms with Gasteiger partial charge in [-0.25, -0.2) is 9.59 Å². The van der Waals surface area contributed by atoms with Crippen molar-refractivity contribution in [1.82, 2.24) is 40.2 Å². The van der Waals surface area contributed by atoms with Gasteiger partial charge in [0.1, 0.15) is 47.6 Å². The third-order valence-corrected chi connectivity index (χ3v) is 8.88. The van der Waals surface area contributed by atoms with Crippen LogP contribution in [0, 0.1) is 5.41 Å². The van der Waals surface area contributed by atoms with Gasteiger partial charge in [0.2, 0.25) is 10.4 Å². The third-order valence-electron chi connectivity index (χ3n) is 5.82. The molecule has 0 saturated carbocycles. The van der Waals surface area contributed by atoms with Gasteiger partial charge in [-0.05, 0) is 22.1 Å². The van der Waals surface area contributed by atoms with Gasteiger partial charge in [-0.3, -0.25) is 19.9 Å². The molecule has 0 aliphatic carbocycles. The smallest absolute Gasteiger partial charge is 0.352 e. The molecule has 1 saturated heterocycles. The van der Waals surface area contributed by atoms with Gasteiger partial charge in [0.05, 0.1) is 0 Å². The lowest BCUT2D eigenvalue weighted by Gasteiger charge is -2.49. The minimum absolute atomic E-state index is 0.0123. The highest BCUT2D eigenvalue weighted by atomic mass is 32.2. The van der Waals surface area contributed by atoms with E-state index in [1.807, 2.05) is 0 Å². The Balaban J connectivity index is 1.34. The van der Waals surface area contributed by atoms with Crippen LogP contribution in [0.3, 0.4) is 0 Å². The molecule has 2 aliphatic heterocycles. The molecule has 0 spiro atoms. The molecule has 3 aromatic heterocycles. The van der Waals surface area contributed by atoms with Crippen LogP contribution in [0.1, 0.15) is 16.1 Å². The number of aromatic nitrogens is 6. The van der Waals surface area contributed by atoms with Gasteiger partial charge in [0.25, 0.3) is 11.8 Å². The number of carbonyl (C=O) groups is 4. The largest absolute Gasteiger partial charge is 0.478 e. The van der Waals surface area contributed by atoms with Gasteiger partial charge in [0.15, 0.2) is 5.71 Å². The lowest BCUT2D eigenvalue weighted by Crippen LogP contribution is -2.71. The van der Waals surface area contributed by atoms with Gasteiger partial charge in [0, 0.05) is 16.9 Å². The molecule has 0 aromatic carbocycles. The molecule has 2 atom stereocenters. The fourth-order valence-electron chi connectivity index (χ4n) is 4.06. The summed E-state index contributed by atoms with van der Waals surface area (Å²) in [7, 11) is 2.54. The number of nitrogens with zero attached hydrogens (tertiary/aromatic N) is 8. The molecule has 3 aromatic rings. The van der Waals surface area contributed by atoms with Crippen molar-refractivity contribution in [1.29, 1.82) is 5.41 Å². The van der Waals surface area contributed by atoms with Crippen molar-refractivity contribution in [3.63, 3.8) is 0 Å². The van der Waals surface area contributed by atoms with E-state index in [1.165, 1.54) is 37.4 Å². The predicted octanol–water partition coefficient (Wildman–Crippen LogP) is -1.50. The summed E-state index contributed by atoms with van der Waals surface area (Å²) >= 11 is 3.30. The van der Waals surface area contributed by atoms with E-state index in [1.54, 1.807) is 0 Å². The molecule has 0 unspecified atom stereocenters. The van der Waals surface area contributed by atoms with E-state index in [9.17, 15) is 29.4 Å². The van der Waals surface area contributed by atoms with Crippen LogP contribution in [0.2, 0.25) is 0 Å². The van der Waals surface area contributed by atoms with Crippen LogP contribution >= 0.6 is 34.9 Å². The average Bonchev–Trinajstić information content (AvgIpc) is 3.57. The van der Waals surface area contributed by atoms with Crippen LogP contribution in [0.5, 0.6) is 0 Å². The van der Waals surface area contributed by atoms with E-state index in [0.29, 0.717) is 5.57 Å². The third kappa shape index (κ3) is 4.97. The monoisotopic (exact) mass is 622 g/mol. The molecule has 4 N–H and O–H groups in total. The topological polar surface area (TPSA) is 240 Å². The summed E-state index contributed by atoms with van der Waals surface area (Å²) in [5, 5.41) is 49.4. The number of amides is 2. The number of fused-ring (bicyclic) bond motifs is 2. The highest BCUT2D eigenvalue weighted by Crippen LogP contribution is 2.41. The van der Waals surface area contributed by atoms with E-state index in [2.05, 4.69) is 31.1 Å². The van der Waals surface area contributed by atoms with E-state index in [-0.39, 0.29) is 49.6 Å². The number of carbonyl (C=O) groups excluding carboxylic acids is 2. The fraction of sp³-hybridized carbons (Fsp3) is 0.300. The zero-order chi connectivity index (χ0) is 29.4. The highest BCUT2D eigenvalue weighted by Gasteiger charge is 2.54. The zero-order valence-electron chi connectivity index (χ0n) is 20.9. The molecule has 41 heavy (non-hydrogen) atoms. The first kappa shape index (κ1) is 28.0. The van der Waals surface area contributed by atoms with Crippen LogP contribution in [0.25, 0.3) is 5.65 Å². The number of carboxylic acids is 2. The van der Waals surface area contributed by atoms with Crippen LogP contribution < -0.4 is 15.0 Å². The second-order valence-corrected chi connectivity index (χ2v) is 11.1. The molecule has 0 bridgehead atoms. The number of hydrogen-bond acceptors (Lipinski definition) is 15. The molecule has 214 valence electrons. The van der Waals surface area contributed by atoms with Crippen molar-refractivity contribution in [2.45, 2.75) is 16.4 Å². The lowest BCUT2D eigenvalue weighted by atomic mass is 10.0. The summed E-state index contributed by atoms with van der Waals surface area (Å²) in [6.07, 6.45) is 0. The van der Waals surface area contributed by atoms with Gasteiger partial charge in [-0.15, -0.1) is 37.9 Å². The summed E-state index contributed by atoms with van der Waals surface area (Å²) < 4.78 is 2.03. The second-order valence-electron chi connectivity index (χ2n) is 8.13. The first-order valence-electron chi connectivity index (χ1n) is 11.2. The number of thioether (sulfide) groups is 2. The number of nitrogens with one attached hydrogen (secondary N) is 2. The lowest BCUT2D eigenvalue weighted by molar-refractivity contribution is -0.150. The fourth-order valence-corrected chi connectivity index (χ4v) is 7.13. The van der Waals surface area contributed by atoms with Crippen molar-refractivity contribution in [3.8, 4) is 0 Å². The van der Waals surface area contributed by atoms with Gasteiger partial charge < -0.3 is 25.2 Å². The van der Waals surface area contributed by atoms with Crippen LogP contribution in [-0.2, 0) is 19.2 Å². The number of aliphatic carboxylic acids is 1. The van der Waals surface area contributed by atoms with Gasteiger partial charge in [-0.2, -0.15) is 4.73 Å². The quantitative estimate of drug-likeness (QED) is 0.0871. The number of hydrogen-bond donors (Lipinski definition) is 4. The minimum Gasteiger partial charge on any atom is -0.478 e. The average molecular weight is 623 g/mol. The Morgan fingerprint density at radius 1 is 1.29 bits per heavy atom. The maximum Gasteiger partial charge on any atom is 0.352 e. The molecular weight excluding hydrogens is 604 g/mol. The van der Waals surface area contributed by atoms with Crippen LogP contribution in [-0.4, -0.2) is 112 Å². The number of oxime groups is 1. The number of aromatic carboxylic acids is 1. The molecule has 18 nitrogen and oxygen atoms in total. The Morgan fingerprint density at radius 3 is 2.76 bits per heavy atom. The Labute approximate surface area is 240 Å². The van der Waals surface area contributed by atoms with Crippen LogP contribution in [0.15, 0.2) is 32.9 Å². The first-order chi connectivity index (χ1) is 19.7. The van der Waals surface area contributed by atoms with E-state index in [0.717, 1.165) is 37.4 Å². The molecule has 2 amide bonds. The molecule has 2 aliphatic rings. The van der Waals surface area contributed by atoms with E-state index in [4.69, 9.17) is 15.1 Å². The molecule has 21 heteroatoms. The van der Waals surface area contributed by atoms with Gasteiger partial charge in [-0.1, -0.05) is 16.9 Å². The Bertz CT molecular complexity index is 1710. The maximum atomic E-state index is 13.1. The van der Waals surface area contributed by atoms with Crippen molar-refractivity contribution in [2.24, 2.45) is 5.16 Å². The molecular formula is C20H18N10O8S3. The normalized spacial score (nSPS) is 18.6. The van der Waals surface area contributed by atoms with Crippen molar-refractivity contribution in [2.75, 3.05) is 25.7 Å². The van der Waals surface area contributed by atoms with E-state index >= 15 is 0 Å². The Kier molecular flexibility index (Phi) is 7.64. The standard InChI is InChI=1S/C20H18N10O8S3/c1-37-25-11(9-6-41-20(21)29(9)38-2)15(31)22-12-16(32)28-13(19(35)36)7(5-40-17(12)28)4-39-10-3-8(18(33)34)14-23-26-27-30(14)24-10/h3,6,12,17,21H,4-5H2,1-2H3,(H,22,31)(H,33,34)(H,35,36)/t12-,17+/m1/s1. The predicted molar refractivity (Wildman–Crippen MR) is 140 cm³/mol. The SMILES string of the molecule is CON=C(C(=O)N[C@@H]1C(=O)N2C(C(=O)O)=C(CSc3cc(C(=O)O)c4nnnn4n3)CS[C@@H]12)c1csc(=N)n1OC. The van der Waals surface area contributed by atoms with E-state index < -0.39 is 35.2 Å². The molecule has 0 radical (unpaired) electrons. The second kappa shape index (κ2) is 11.2. The summed E-state index contributed by atoms with van der Waals surface area (Å²) in [5.41, 5.74) is -0.151. The number of β-lactam (4-membered cyclic amide) rings is 1. The molecule has 1 fully saturated rings. The zero-order valence-corrected chi connectivity index (χ0v) is 23.3. The summed E-state index contributed by atoms with van der Waals surface area (Å²) in [5.74, 6) is -3.72. The highest BCUT2D eigenvalue weighted by molar-refractivity contribution is 8.01. The maximum absolute atomic E-state index is 13.1. The van der Waals surface area contributed by atoms with Crippen molar-refractivity contribution in [3.05, 3.63) is 38.8 Å².